The van der Waals surface area contributed by atoms with Crippen LogP contribution in [0.15, 0.2) is 15.6 Å². The maximum absolute atomic E-state index is 13.3. The summed E-state index contributed by atoms with van der Waals surface area (Å²) in [5, 5.41) is 0. The Bertz CT molecular complexity index is 1000. The molecule has 1 N–H and O–H groups in total. The molecule has 2 aromatic rings. The highest BCUT2D eigenvalue weighted by molar-refractivity contribution is 9.10. The Morgan fingerprint density at radius 3 is 2.68 bits per heavy atom. The zero-order valence-corrected chi connectivity index (χ0v) is 18.2. The highest BCUT2D eigenvalue weighted by atomic mass is 79.9. The Kier molecular flexibility index (Phi) is 4.52. The molecule has 0 unspecified atom stereocenters. The number of nitrogens with zero attached hydrogens (tertiary/aromatic N) is 3. The van der Waals surface area contributed by atoms with Crippen molar-refractivity contribution >= 4 is 33.2 Å². The summed E-state index contributed by atoms with van der Waals surface area (Å²) in [6.07, 6.45) is 3.71. The van der Waals surface area contributed by atoms with Crippen LogP contribution in [0.1, 0.15) is 64.1 Å². The van der Waals surface area contributed by atoms with Gasteiger partial charge in [0.2, 0.25) is 5.43 Å². The lowest BCUT2D eigenvalue weighted by molar-refractivity contribution is 0.0162. The monoisotopic (exact) mass is 448 g/mol. The number of hydrogen-bond acceptors (Lipinski definition) is 5. The summed E-state index contributed by atoms with van der Waals surface area (Å²) >= 11 is 3.31. The summed E-state index contributed by atoms with van der Waals surface area (Å²) in [7, 11) is 0. The summed E-state index contributed by atoms with van der Waals surface area (Å²) in [5.74, 6) is 0.241. The number of carbonyl (C=O) groups excluding carboxylic acids is 1. The fourth-order valence-electron chi connectivity index (χ4n) is 4.63. The van der Waals surface area contributed by atoms with Crippen molar-refractivity contribution in [2.45, 2.75) is 63.9 Å². The molecule has 4 rings (SSSR count). The van der Waals surface area contributed by atoms with Gasteiger partial charge in [-0.2, -0.15) is 0 Å². The largest absolute Gasteiger partial charge is 0.444 e. The number of fused-ring (bicyclic) bond motifs is 3. The van der Waals surface area contributed by atoms with Crippen LogP contribution in [-0.2, 0) is 10.2 Å². The molecule has 1 aliphatic carbocycles. The van der Waals surface area contributed by atoms with E-state index in [-0.39, 0.29) is 22.9 Å². The van der Waals surface area contributed by atoms with Crippen molar-refractivity contribution in [2.75, 3.05) is 13.1 Å². The van der Waals surface area contributed by atoms with Gasteiger partial charge in [0, 0.05) is 29.8 Å². The zero-order chi connectivity index (χ0) is 20.3. The number of ether oxygens (including phenoxy) is 1. The second-order valence-electron chi connectivity index (χ2n) is 8.99. The summed E-state index contributed by atoms with van der Waals surface area (Å²) in [5.41, 5.74) is 1.94. The van der Waals surface area contributed by atoms with Crippen LogP contribution in [0.2, 0.25) is 0 Å². The van der Waals surface area contributed by atoms with Crippen molar-refractivity contribution in [2.24, 2.45) is 0 Å². The molecule has 8 heteroatoms. The Labute approximate surface area is 172 Å². The number of H-pyrrole nitrogens is 1. The lowest BCUT2D eigenvalue weighted by Crippen LogP contribution is -2.47. The van der Waals surface area contributed by atoms with Gasteiger partial charge in [-0.15, -0.1) is 0 Å². The van der Waals surface area contributed by atoms with Gasteiger partial charge in [0.1, 0.15) is 10.2 Å². The fraction of sp³-hybridized carbons (Fsp3) is 0.600. The molecule has 1 spiro atoms. The molecule has 3 heterocycles. The van der Waals surface area contributed by atoms with Gasteiger partial charge in [-0.05, 0) is 61.9 Å². The number of halogens is 1. The first-order valence-corrected chi connectivity index (χ1v) is 10.5. The summed E-state index contributed by atoms with van der Waals surface area (Å²) in [6, 6.07) is 0. The van der Waals surface area contributed by atoms with Crippen LogP contribution in [0.5, 0.6) is 0 Å². The van der Waals surface area contributed by atoms with Crippen molar-refractivity contribution < 1.29 is 9.53 Å². The van der Waals surface area contributed by atoms with Crippen LogP contribution in [0.4, 0.5) is 4.79 Å². The second kappa shape index (κ2) is 6.54. The van der Waals surface area contributed by atoms with E-state index in [1.54, 1.807) is 11.1 Å². The number of likely N-dealkylation sites (tertiary alicyclic amines) is 1. The normalized spacial score (nSPS) is 21.2. The van der Waals surface area contributed by atoms with E-state index in [1.165, 1.54) is 0 Å². The van der Waals surface area contributed by atoms with Gasteiger partial charge < -0.3 is 14.6 Å². The van der Waals surface area contributed by atoms with Crippen LogP contribution < -0.4 is 5.43 Å². The average Bonchev–Trinajstić information content (AvgIpc) is 2.86. The Morgan fingerprint density at radius 2 is 2.04 bits per heavy atom. The molecule has 1 amide bonds. The van der Waals surface area contributed by atoms with E-state index in [2.05, 4.69) is 37.8 Å². The fourth-order valence-corrected chi connectivity index (χ4v) is 4.91. The smallest absolute Gasteiger partial charge is 0.410 e. The van der Waals surface area contributed by atoms with Gasteiger partial charge in [-0.1, -0.05) is 6.92 Å². The molecule has 0 aromatic carbocycles. The molecular weight excluding hydrogens is 424 g/mol. The third-order valence-electron chi connectivity index (χ3n) is 5.80. The SMILES string of the molecule is C[C@H]1CC2(CCN(C(=O)OC(C)(C)C)CC2)c2c1[nH]c1ncc(Br)nc1c2=O. The highest BCUT2D eigenvalue weighted by Gasteiger charge is 2.47. The quantitative estimate of drug-likeness (QED) is 0.660. The van der Waals surface area contributed by atoms with Gasteiger partial charge >= 0.3 is 6.09 Å². The molecule has 2 aromatic heterocycles. The van der Waals surface area contributed by atoms with Crippen molar-refractivity contribution in [3.63, 3.8) is 0 Å². The van der Waals surface area contributed by atoms with Gasteiger partial charge in [0.05, 0.1) is 6.20 Å². The topological polar surface area (TPSA) is 88.2 Å². The Balaban J connectivity index is 1.67. The molecule has 1 aliphatic heterocycles. The van der Waals surface area contributed by atoms with Crippen LogP contribution in [0, 0.1) is 0 Å². The minimum atomic E-state index is -0.511. The van der Waals surface area contributed by atoms with Crippen LogP contribution >= 0.6 is 15.9 Å². The summed E-state index contributed by atoms with van der Waals surface area (Å²) in [4.78, 5) is 39.6. The van der Waals surface area contributed by atoms with Gasteiger partial charge in [-0.3, -0.25) is 4.79 Å². The van der Waals surface area contributed by atoms with E-state index in [0.717, 1.165) is 30.5 Å². The van der Waals surface area contributed by atoms with E-state index in [0.29, 0.717) is 28.9 Å². The van der Waals surface area contributed by atoms with Crippen molar-refractivity contribution in [1.29, 1.82) is 0 Å². The number of nitrogens with one attached hydrogen (secondary N) is 1. The number of piperidine rings is 1. The highest BCUT2D eigenvalue weighted by Crippen LogP contribution is 2.49. The Hall–Kier alpha value is -1.96. The van der Waals surface area contributed by atoms with Gasteiger partial charge in [0.25, 0.3) is 0 Å². The van der Waals surface area contributed by atoms with E-state index < -0.39 is 5.60 Å². The molecule has 1 atom stereocenters. The summed E-state index contributed by atoms with van der Waals surface area (Å²) in [6.45, 7) is 8.92. The number of rotatable bonds is 0. The number of aromatic amines is 1. The molecule has 0 saturated carbocycles. The van der Waals surface area contributed by atoms with Gasteiger partial charge in [0.15, 0.2) is 11.2 Å². The molecular formula is C20H25BrN4O3. The van der Waals surface area contributed by atoms with Gasteiger partial charge in [-0.25, -0.2) is 14.8 Å². The summed E-state index contributed by atoms with van der Waals surface area (Å²) < 4.78 is 6.06. The number of hydrogen-bond donors (Lipinski definition) is 1. The van der Waals surface area contributed by atoms with Crippen molar-refractivity contribution in [3.05, 3.63) is 32.3 Å². The van der Waals surface area contributed by atoms with Crippen LogP contribution in [-0.4, -0.2) is 44.6 Å². The first-order chi connectivity index (χ1) is 13.1. The lowest BCUT2D eigenvalue weighted by Gasteiger charge is -2.40. The number of amides is 1. The molecule has 150 valence electrons. The van der Waals surface area contributed by atoms with Crippen molar-refractivity contribution in [3.8, 4) is 0 Å². The molecule has 1 saturated heterocycles. The number of aromatic nitrogens is 3. The molecule has 2 aliphatic rings. The predicted octanol–water partition coefficient (Wildman–Crippen LogP) is 3.86. The Morgan fingerprint density at radius 1 is 1.36 bits per heavy atom. The minimum Gasteiger partial charge on any atom is -0.444 e. The van der Waals surface area contributed by atoms with Crippen LogP contribution in [0.25, 0.3) is 11.2 Å². The van der Waals surface area contributed by atoms with Crippen LogP contribution in [0.3, 0.4) is 0 Å². The predicted molar refractivity (Wildman–Crippen MR) is 110 cm³/mol. The second-order valence-corrected chi connectivity index (χ2v) is 9.80. The molecule has 0 bridgehead atoms. The van der Waals surface area contributed by atoms with Crippen molar-refractivity contribution in [1.82, 2.24) is 19.9 Å². The third-order valence-corrected chi connectivity index (χ3v) is 6.18. The molecule has 1 fully saturated rings. The minimum absolute atomic E-state index is 0.0346. The maximum Gasteiger partial charge on any atom is 0.410 e. The van der Waals surface area contributed by atoms with E-state index in [4.69, 9.17) is 4.74 Å². The zero-order valence-electron chi connectivity index (χ0n) is 16.6. The number of carbonyl (C=O) groups is 1. The first-order valence-electron chi connectivity index (χ1n) is 9.66. The molecule has 0 radical (unpaired) electrons. The average molecular weight is 449 g/mol. The van der Waals surface area contributed by atoms with E-state index >= 15 is 0 Å². The van der Waals surface area contributed by atoms with E-state index in [9.17, 15) is 9.59 Å². The molecule has 28 heavy (non-hydrogen) atoms. The molecule has 7 nitrogen and oxygen atoms in total. The maximum atomic E-state index is 13.3. The first kappa shape index (κ1) is 19.4. The lowest BCUT2D eigenvalue weighted by atomic mass is 9.73. The number of pyridine rings is 1. The standard InChI is InChI=1S/C20H25BrN4O3/c1-11-9-20(5-7-25(8-6-20)18(27)28-19(2,3)4)13-14(11)24-17-15(16(13)26)23-12(21)10-22-17/h10-11H,5-9H2,1-4H3,(H,22,24,26)/t11-/m0/s1. The third kappa shape index (κ3) is 3.21. The van der Waals surface area contributed by atoms with E-state index in [1.807, 2.05) is 20.8 Å².